The Morgan fingerprint density at radius 3 is 1.37 bits per heavy atom. The molecule has 30 heavy (non-hydrogen) atoms. The highest BCUT2D eigenvalue weighted by Gasteiger charge is 2.20. The van der Waals surface area contributed by atoms with Crippen molar-refractivity contribution in [1.82, 2.24) is 0 Å². The van der Waals surface area contributed by atoms with E-state index in [1.807, 2.05) is 0 Å². The molecular weight excluding hydrogens is 384 g/mol. The maximum atomic E-state index is 12.7. The Balaban J connectivity index is 1.85. The normalized spacial score (nSPS) is 11.2. The zero-order valence-electron chi connectivity index (χ0n) is 15.5. The minimum atomic E-state index is -0.678. The highest BCUT2D eigenvalue weighted by atomic mass is 16.4. The first kappa shape index (κ1) is 17.8. The molecule has 0 radical (unpaired) electrons. The van der Waals surface area contributed by atoms with Crippen molar-refractivity contribution in [3.63, 3.8) is 0 Å². The van der Waals surface area contributed by atoms with E-state index >= 15 is 0 Å². The molecule has 6 nitrogen and oxygen atoms in total. The standard InChI is InChI=1S/C24H14O6/c25-19-15-11-16-18(30-24(22(28)20(16)26)14-9-5-2-6-10-14)12-17(15)29-23(21(19)27)13-7-3-1-4-8-13/h1-12,27-28H. The van der Waals surface area contributed by atoms with Gasteiger partial charge in [-0.1, -0.05) is 60.7 Å². The Hall–Kier alpha value is -4.32. The van der Waals surface area contributed by atoms with Gasteiger partial charge in [0.1, 0.15) is 11.2 Å². The number of fused-ring (bicyclic) bond motifs is 2. The number of hydrogen-bond donors (Lipinski definition) is 2. The van der Waals surface area contributed by atoms with Gasteiger partial charge >= 0.3 is 0 Å². The molecule has 2 aromatic heterocycles. The van der Waals surface area contributed by atoms with Crippen molar-refractivity contribution >= 4 is 21.9 Å². The van der Waals surface area contributed by atoms with Gasteiger partial charge in [0, 0.05) is 17.2 Å². The molecular formula is C24H14O6. The van der Waals surface area contributed by atoms with E-state index in [-0.39, 0.29) is 33.5 Å². The van der Waals surface area contributed by atoms with Gasteiger partial charge < -0.3 is 19.0 Å². The molecule has 6 heteroatoms. The van der Waals surface area contributed by atoms with E-state index in [0.29, 0.717) is 11.1 Å². The topological polar surface area (TPSA) is 101 Å². The SMILES string of the molecule is O=c1c(O)c(-c2ccccc2)oc2cc3oc(-c4ccccc4)c(O)c(=O)c3cc12. The van der Waals surface area contributed by atoms with Crippen LogP contribution in [0.15, 0.2) is 91.2 Å². The Kier molecular flexibility index (Phi) is 3.93. The lowest BCUT2D eigenvalue weighted by atomic mass is 10.1. The van der Waals surface area contributed by atoms with Crippen LogP contribution in [-0.2, 0) is 0 Å². The summed E-state index contributed by atoms with van der Waals surface area (Å²) < 4.78 is 11.6. The molecule has 0 aliphatic rings. The number of rotatable bonds is 2. The zero-order valence-corrected chi connectivity index (χ0v) is 15.5. The first-order chi connectivity index (χ1) is 14.5. The van der Waals surface area contributed by atoms with Crippen molar-refractivity contribution in [1.29, 1.82) is 0 Å². The van der Waals surface area contributed by atoms with Gasteiger partial charge in [-0.3, -0.25) is 9.59 Å². The van der Waals surface area contributed by atoms with Crippen molar-refractivity contribution in [2.75, 3.05) is 0 Å². The molecule has 0 fully saturated rings. The summed E-state index contributed by atoms with van der Waals surface area (Å²) in [4.78, 5) is 25.5. The fraction of sp³-hybridized carbons (Fsp3) is 0. The van der Waals surface area contributed by atoms with Crippen LogP contribution in [0.5, 0.6) is 11.5 Å². The van der Waals surface area contributed by atoms with E-state index in [1.54, 1.807) is 60.7 Å². The minimum Gasteiger partial charge on any atom is -0.502 e. The van der Waals surface area contributed by atoms with Crippen LogP contribution in [0.1, 0.15) is 0 Å². The molecule has 0 unspecified atom stereocenters. The van der Waals surface area contributed by atoms with Crippen molar-refractivity contribution in [2.24, 2.45) is 0 Å². The molecule has 2 N–H and O–H groups in total. The lowest BCUT2D eigenvalue weighted by Gasteiger charge is -2.09. The third kappa shape index (κ3) is 2.66. The van der Waals surface area contributed by atoms with Gasteiger partial charge in [0.25, 0.3) is 0 Å². The first-order valence-corrected chi connectivity index (χ1v) is 9.15. The Labute approximate surface area is 168 Å². The smallest absolute Gasteiger partial charge is 0.235 e. The number of benzene rings is 3. The quantitative estimate of drug-likeness (QED) is 0.420. The van der Waals surface area contributed by atoms with Crippen LogP contribution in [0.4, 0.5) is 0 Å². The molecule has 0 bridgehead atoms. The highest BCUT2D eigenvalue weighted by Crippen LogP contribution is 2.34. The summed E-state index contributed by atoms with van der Waals surface area (Å²) in [6, 6.07) is 20.1. The lowest BCUT2D eigenvalue weighted by molar-refractivity contribution is 0.447. The van der Waals surface area contributed by atoms with Crippen LogP contribution >= 0.6 is 0 Å². The highest BCUT2D eigenvalue weighted by molar-refractivity contribution is 5.95. The third-order valence-electron chi connectivity index (χ3n) is 4.93. The summed E-state index contributed by atoms with van der Waals surface area (Å²) in [5.41, 5.74) is 0.0116. The summed E-state index contributed by atoms with van der Waals surface area (Å²) in [6.45, 7) is 0. The summed E-state index contributed by atoms with van der Waals surface area (Å²) in [7, 11) is 0. The van der Waals surface area contributed by atoms with E-state index in [9.17, 15) is 19.8 Å². The zero-order chi connectivity index (χ0) is 20.8. The molecule has 0 saturated heterocycles. The van der Waals surface area contributed by atoms with E-state index in [2.05, 4.69) is 0 Å². The third-order valence-corrected chi connectivity index (χ3v) is 4.93. The molecule has 0 saturated carbocycles. The molecule has 5 aromatic rings. The average Bonchev–Trinajstić information content (AvgIpc) is 2.79. The lowest BCUT2D eigenvalue weighted by Crippen LogP contribution is -2.06. The molecule has 0 amide bonds. The predicted octanol–water partition coefficient (Wildman–Crippen LogP) is 4.64. The molecule has 146 valence electrons. The average molecular weight is 398 g/mol. The van der Waals surface area contributed by atoms with Gasteiger partial charge in [-0.05, 0) is 6.07 Å². The summed E-state index contributed by atoms with van der Waals surface area (Å²) in [5, 5.41) is 20.8. The minimum absolute atomic E-state index is 0.0128. The second kappa shape index (κ2) is 6.63. The van der Waals surface area contributed by atoms with Crippen molar-refractivity contribution in [3.05, 3.63) is 93.2 Å². The fourth-order valence-corrected chi connectivity index (χ4v) is 3.43. The molecule has 0 spiro atoms. The monoisotopic (exact) mass is 398 g/mol. The second-order valence-electron chi connectivity index (χ2n) is 6.79. The van der Waals surface area contributed by atoms with Crippen molar-refractivity contribution in [2.45, 2.75) is 0 Å². The predicted molar refractivity (Wildman–Crippen MR) is 113 cm³/mol. The van der Waals surface area contributed by atoms with Gasteiger partial charge in [0.15, 0.2) is 11.5 Å². The van der Waals surface area contributed by atoms with Crippen molar-refractivity contribution in [3.8, 4) is 34.1 Å². The van der Waals surface area contributed by atoms with Gasteiger partial charge in [-0.25, -0.2) is 0 Å². The maximum absolute atomic E-state index is 12.7. The van der Waals surface area contributed by atoms with Crippen LogP contribution < -0.4 is 10.9 Å². The fourth-order valence-electron chi connectivity index (χ4n) is 3.43. The van der Waals surface area contributed by atoms with Gasteiger partial charge in [0.05, 0.1) is 10.8 Å². The molecule has 0 aliphatic heterocycles. The second-order valence-corrected chi connectivity index (χ2v) is 6.79. The Morgan fingerprint density at radius 1 is 0.567 bits per heavy atom. The summed E-state index contributed by atoms with van der Waals surface area (Å²) in [6.07, 6.45) is 0. The van der Waals surface area contributed by atoms with Crippen LogP contribution in [-0.4, -0.2) is 10.2 Å². The molecule has 2 heterocycles. The summed E-state index contributed by atoms with van der Waals surface area (Å²) in [5.74, 6) is -1.06. The van der Waals surface area contributed by atoms with E-state index < -0.39 is 22.4 Å². The van der Waals surface area contributed by atoms with E-state index in [0.717, 1.165) is 0 Å². The Morgan fingerprint density at radius 2 is 0.967 bits per heavy atom. The largest absolute Gasteiger partial charge is 0.502 e. The maximum Gasteiger partial charge on any atom is 0.235 e. The molecule has 5 rings (SSSR count). The summed E-state index contributed by atoms with van der Waals surface area (Å²) >= 11 is 0. The van der Waals surface area contributed by atoms with Gasteiger partial charge in [-0.2, -0.15) is 0 Å². The van der Waals surface area contributed by atoms with E-state index in [1.165, 1.54) is 12.1 Å². The van der Waals surface area contributed by atoms with Gasteiger partial charge in [-0.15, -0.1) is 0 Å². The van der Waals surface area contributed by atoms with Crippen molar-refractivity contribution < 1.29 is 19.0 Å². The van der Waals surface area contributed by atoms with Gasteiger partial charge in [0.2, 0.25) is 22.4 Å². The van der Waals surface area contributed by atoms with Crippen LogP contribution in [0.3, 0.4) is 0 Å². The van der Waals surface area contributed by atoms with Crippen LogP contribution in [0.2, 0.25) is 0 Å². The Bertz CT molecular complexity index is 1420. The first-order valence-electron chi connectivity index (χ1n) is 9.15. The van der Waals surface area contributed by atoms with Crippen LogP contribution in [0, 0.1) is 0 Å². The molecule has 3 aromatic carbocycles. The molecule has 0 aliphatic carbocycles. The van der Waals surface area contributed by atoms with E-state index in [4.69, 9.17) is 8.83 Å². The number of aromatic hydroxyl groups is 2. The molecule has 0 atom stereocenters. The van der Waals surface area contributed by atoms with Crippen LogP contribution in [0.25, 0.3) is 44.6 Å². The number of hydrogen-bond acceptors (Lipinski definition) is 6.